The molecule has 0 spiro atoms. The van der Waals surface area contributed by atoms with E-state index in [1.165, 1.54) is 6.07 Å². The quantitative estimate of drug-likeness (QED) is 0.842. The summed E-state index contributed by atoms with van der Waals surface area (Å²) in [4.78, 5) is 0. The van der Waals surface area contributed by atoms with Gasteiger partial charge in [0.2, 0.25) is 0 Å². The van der Waals surface area contributed by atoms with Gasteiger partial charge in [0.25, 0.3) is 0 Å². The minimum absolute atomic E-state index is 0. The van der Waals surface area contributed by atoms with E-state index >= 15 is 0 Å². The molecule has 2 atom stereocenters. The van der Waals surface area contributed by atoms with Crippen LogP contribution in [0.5, 0.6) is 0 Å². The summed E-state index contributed by atoms with van der Waals surface area (Å²) in [5.41, 5.74) is 4.58. The molecule has 8 heteroatoms. The fourth-order valence-electron chi connectivity index (χ4n) is 1.27. The molecule has 18 heavy (non-hydrogen) atoms. The van der Waals surface area contributed by atoms with Gasteiger partial charge in [0.05, 0.1) is 6.10 Å². The van der Waals surface area contributed by atoms with E-state index in [-0.39, 0.29) is 23.0 Å². The minimum atomic E-state index is -4.62. The Bertz CT molecular complexity index is 400. The number of nitrogens with two attached hydrogens (primary N) is 1. The van der Waals surface area contributed by atoms with Crippen LogP contribution in [0.15, 0.2) is 18.2 Å². The van der Waals surface area contributed by atoms with Gasteiger partial charge in [0.15, 0.2) is 0 Å². The van der Waals surface area contributed by atoms with Gasteiger partial charge in [-0.1, -0.05) is 17.7 Å². The van der Waals surface area contributed by atoms with Crippen LogP contribution in [-0.2, 0) is 0 Å². The number of halogens is 6. The van der Waals surface area contributed by atoms with E-state index in [9.17, 15) is 22.7 Å². The lowest BCUT2D eigenvalue weighted by molar-refractivity contribution is -0.154. The molecule has 0 aliphatic heterocycles. The van der Waals surface area contributed by atoms with E-state index < -0.39 is 30.6 Å². The van der Waals surface area contributed by atoms with Crippen molar-refractivity contribution in [1.29, 1.82) is 0 Å². The average Bonchev–Trinajstić information content (AvgIpc) is 2.15. The highest BCUT2D eigenvalue weighted by Gasteiger charge is 2.38. The van der Waals surface area contributed by atoms with E-state index in [0.717, 1.165) is 12.1 Å². The van der Waals surface area contributed by atoms with Crippen molar-refractivity contribution < 1.29 is 22.7 Å². The highest BCUT2D eigenvalue weighted by molar-refractivity contribution is 6.30. The van der Waals surface area contributed by atoms with Gasteiger partial charge in [-0.05, 0) is 12.1 Å². The maximum absolute atomic E-state index is 13.3. The van der Waals surface area contributed by atoms with Crippen LogP contribution in [-0.4, -0.2) is 17.3 Å². The zero-order valence-electron chi connectivity index (χ0n) is 8.92. The van der Waals surface area contributed by atoms with Crippen LogP contribution in [0.3, 0.4) is 0 Å². The lowest BCUT2D eigenvalue weighted by atomic mass is 10.0. The molecular weight excluding hydrogens is 297 g/mol. The zero-order chi connectivity index (χ0) is 13.2. The van der Waals surface area contributed by atoms with Crippen molar-refractivity contribution in [2.24, 2.45) is 5.73 Å². The topological polar surface area (TPSA) is 46.2 Å². The lowest BCUT2D eigenvalue weighted by Gasteiger charge is -2.19. The first-order chi connectivity index (χ1) is 7.71. The second kappa shape index (κ2) is 6.56. The van der Waals surface area contributed by atoms with Crippen LogP contribution >= 0.6 is 24.0 Å². The normalized spacial score (nSPS) is 14.8. The molecule has 1 aromatic carbocycles. The molecule has 0 aliphatic rings. The van der Waals surface area contributed by atoms with Gasteiger partial charge in [-0.2, -0.15) is 13.2 Å². The first-order valence-corrected chi connectivity index (χ1v) is 5.05. The summed E-state index contributed by atoms with van der Waals surface area (Å²) in [7, 11) is 0. The fraction of sp³-hybridized carbons (Fsp3) is 0.400. The molecule has 0 radical (unpaired) electrons. The van der Waals surface area contributed by atoms with Crippen molar-refractivity contribution in [2.75, 3.05) is 0 Å². The van der Waals surface area contributed by atoms with Crippen LogP contribution in [0.25, 0.3) is 0 Å². The van der Waals surface area contributed by atoms with Gasteiger partial charge in [0, 0.05) is 17.0 Å². The number of benzene rings is 1. The second-order valence-corrected chi connectivity index (χ2v) is 4.00. The molecule has 1 aromatic rings. The van der Waals surface area contributed by atoms with Crippen LogP contribution in [0.2, 0.25) is 5.02 Å². The fourth-order valence-corrected chi connectivity index (χ4v) is 1.43. The molecule has 0 saturated carbocycles. The molecule has 0 heterocycles. The van der Waals surface area contributed by atoms with Crippen molar-refractivity contribution in [2.45, 2.75) is 24.7 Å². The first-order valence-electron chi connectivity index (χ1n) is 4.67. The summed E-state index contributed by atoms with van der Waals surface area (Å²) in [6.45, 7) is 0. The highest BCUT2D eigenvalue weighted by Crippen LogP contribution is 2.28. The summed E-state index contributed by atoms with van der Waals surface area (Å²) < 4.78 is 49.7. The van der Waals surface area contributed by atoms with E-state index in [4.69, 9.17) is 17.3 Å². The van der Waals surface area contributed by atoms with E-state index in [1.807, 2.05) is 0 Å². The van der Waals surface area contributed by atoms with Crippen molar-refractivity contribution in [3.8, 4) is 0 Å². The lowest BCUT2D eigenvalue weighted by Crippen LogP contribution is -2.38. The predicted octanol–water partition coefficient (Wildman–Crippen LogP) is 3.21. The molecule has 0 bridgehead atoms. The van der Waals surface area contributed by atoms with Gasteiger partial charge < -0.3 is 10.8 Å². The molecule has 104 valence electrons. The number of hydrogen-bond donors (Lipinski definition) is 2. The Hall–Kier alpha value is -0.560. The minimum Gasteiger partial charge on any atom is -0.388 e. The molecule has 0 aromatic heterocycles. The molecule has 0 unspecified atom stereocenters. The van der Waals surface area contributed by atoms with Crippen molar-refractivity contribution in [3.63, 3.8) is 0 Å². The summed E-state index contributed by atoms with van der Waals surface area (Å²) in [6.07, 6.45) is -7.05. The van der Waals surface area contributed by atoms with Gasteiger partial charge in [-0.3, -0.25) is 0 Å². The van der Waals surface area contributed by atoms with Crippen molar-refractivity contribution >= 4 is 24.0 Å². The SMILES string of the molecule is Cl.N[C@@H](C[C@@H](O)c1ccc(Cl)cc1F)C(F)(F)F. The first kappa shape index (κ1) is 17.4. The van der Waals surface area contributed by atoms with Crippen LogP contribution in [0.4, 0.5) is 17.6 Å². The van der Waals surface area contributed by atoms with Gasteiger partial charge >= 0.3 is 6.18 Å². The van der Waals surface area contributed by atoms with E-state index in [0.29, 0.717) is 0 Å². The van der Waals surface area contributed by atoms with E-state index in [2.05, 4.69) is 0 Å². The third kappa shape index (κ3) is 4.61. The summed E-state index contributed by atoms with van der Waals surface area (Å²) in [5.74, 6) is -0.862. The third-order valence-corrected chi connectivity index (χ3v) is 2.45. The molecule has 3 N–H and O–H groups in total. The third-order valence-electron chi connectivity index (χ3n) is 2.22. The molecule has 0 fully saturated rings. The van der Waals surface area contributed by atoms with Crippen LogP contribution < -0.4 is 5.73 Å². The number of alkyl halides is 3. The Kier molecular flexibility index (Phi) is 6.36. The highest BCUT2D eigenvalue weighted by atomic mass is 35.5. The van der Waals surface area contributed by atoms with E-state index in [1.54, 1.807) is 0 Å². The monoisotopic (exact) mass is 307 g/mol. The number of hydrogen-bond acceptors (Lipinski definition) is 2. The molecule has 2 nitrogen and oxygen atoms in total. The van der Waals surface area contributed by atoms with Gasteiger partial charge in [-0.15, -0.1) is 12.4 Å². The Balaban J connectivity index is 0.00000289. The van der Waals surface area contributed by atoms with Crippen LogP contribution in [0.1, 0.15) is 18.1 Å². The predicted molar refractivity (Wildman–Crippen MR) is 62.3 cm³/mol. The molecular formula is C10H11Cl2F4NO. The largest absolute Gasteiger partial charge is 0.403 e. The maximum atomic E-state index is 13.3. The van der Waals surface area contributed by atoms with Gasteiger partial charge in [0.1, 0.15) is 11.9 Å². The smallest absolute Gasteiger partial charge is 0.388 e. The average molecular weight is 308 g/mol. The molecule has 0 amide bonds. The standard InChI is InChI=1S/C10H10ClF4NO.ClH/c11-5-1-2-6(7(12)3-5)8(17)4-9(16)10(13,14)15;/h1-3,8-9,17H,4,16H2;1H/t8-,9+;/m1./s1. The Morgan fingerprint density at radius 1 is 1.33 bits per heavy atom. The van der Waals surface area contributed by atoms with Crippen molar-refractivity contribution in [1.82, 2.24) is 0 Å². The summed E-state index contributed by atoms with van der Waals surface area (Å²) >= 11 is 5.47. The van der Waals surface area contributed by atoms with Crippen molar-refractivity contribution in [3.05, 3.63) is 34.6 Å². The Morgan fingerprint density at radius 2 is 1.89 bits per heavy atom. The number of aliphatic hydroxyl groups is 1. The number of aliphatic hydroxyl groups excluding tert-OH is 1. The number of rotatable bonds is 3. The Morgan fingerprint density at radius 3 is 2.33 bits per heavy atom. The molecule has 0 saturated heterocycles. The van der Waals surface area contributed by atoms with Gasteiger partial charge in [-0.25, -0.2) is 4.39 Å². The molecule has 0 aliphatic carbocycles. The summed E-state index contributed by atoms with van der Waals surface area (Å²) in [6, 6.07) is 1.13. The summed E-state index contributed by atoms with van der Waals surface area (Å²) in [5, 5.41) is 9.56. The second-order valence-electron chi connectivity index (χ2n) is 3.57. The van der Waals surface area contributed by atoms with Crippen LogP contribution in [0, 0.1) is 5.82 Å². The Labute approximate surface area is 112 Å². The zero-order valence-corrected chi connectivity index (χ0v) is 10.5. The maximum Gasteiger partial charge on any atom is 0.403 e. The molecule has 1 rings (SSSR count).